The molecule has 0 heteroatoms. The summed E-state index contributed by atoms with van der Waals surface area (Å²) >= 11 is 0. The van der Waals surface area contributed by atoms with Gasteiger partial charge < -0.3 is 0 Å². The van der Waals surface area contributed by atoms with Crippen LogP contribution in [0, 0.1) is 13.8 Å². The van der Waals surface area contributed by atoms with E-state index in [1.54, 1.807) is 0 Å². The molecule has 0 radical (unpaired) electrons. The molecule has 1 aliphatic carbocycles. The van der Waals surface area contributed by atoms with Crippen molar-refractivity contribution in [3.8, 4) is 0 Å². The first kappa shape index (κ1) is 12.2. The third-order valence-corrected chi connectivity index (χ3v) is 4.21. The zero-order valence-electron chi connectivity index (χ0n) is 11.7. The van der Waals surface area contributed by atoms with Gasteiger partial charge in [-0.1, -0.05) is 54.6 Å². The molecule has 1 aliphatic rings. The fraction of sp³-hybridized carbons (Fsp3) is 0.263. The van der Waals surface area contributed by atoms with Crippen molar-refractivity contribution in [1.29, 1.82) is 0 Å². The van der Waals surface area contributed by atoms with Crippen LogP contribution in [0.5, 0.6) is 0 Å². The fourth-order valence-electron chi connectivity index (χ4n) is 3.13. The highest BCUT2D eigenvalue weighted by Gasteiger charge is 2.20. The maximum Gasteiger partial charge on any atom is 0.00297 e. The van der Waals surface area contributed by atoms with E-state index in [9.17, 15) is 0 Å². The number of allylic oxidation sites excluding steroid dienone is 2. The van der Waals surface area contributed by atoms with E-state index < -0.39 is 0 Å². The van der Waals surface area contributed by atoms with E-state index in [-0.39, 0.29) is 0 Å². The van der Waals surface area contributed by atoms with Gasteiger partial charge in [-0.05, 0) is 54.5 Å². The van der Waals surface area contributed by atoms with Crippen LogP contribution in [0.2, 0.25) is 0 Å². The van der Waals surface area contributed by atoms with Crippen LogP contribution in [-0.2, 0) is 0 Å². The van der Waals surface area contributed by atoms with Gasteiger partial charge in [0, 0.05) is 5.92 Å². The normalized spacial score (nSPS) is 18.4. The van der Waals surface area contributed by atoms with Crippen LogP contribution in [0.4, 0.5) is 0 Å². The summed E-state index contributed by atoms with van der Waals surface area (Å²) in [6.45, 7) is 4.42. The monoisotopic (exact) mass is 248 g/mol. The lowest BCUT2D eigenvalue weighted by Gasteiger charge is -2.10. The lowest BCUT2D eigenvalue weighted by Crippen LogP contribution is -1.93. The lowest BCUT2D eigenvalue weighted by molar-refractivity contribution is 0.797. The van der Waals surface area contributed by atoms with Crippen molar-refractivity contribution in [3.05, 3.63) is 76.9 Å². The number of benzene rings is 2. The van der Waals surface area contributed by atoms with E-state index in [0.29, 0.717) is 5.92 Å². The number of aryl methyl sites for hydroxylation is 2. The SMILES string of the molecule is Cc1ccccc1C1=CC(c2ccccc2C)CC1. The van der Waals surface area contributed by atoms with Gasteiger partial charge in [-0.15, -0.1) is 0 Å². The molecule has 2 aromatic carbocycles. The second kappa shape index (κ2) is 5.05. The van der Waals surface area contributed by atoms with Gasteiger partial charge in [0.15, 0.2) is 0 Å². The first-order valence-corrected chi connectivity index (χ1v) is 7.08. The van der Waals surface area contributed by atoms with Crippen LogP contribution in [-0.4, -0.2) is 0 Å². The third-order valence-electron chi connectivity index (χ3n) is 4.21. The second-order valence-electron chi connectivity index (χ2n) is 5.51. The second-order valence-corrected chi connectivity index (χ2v) is 5.51. The van der Waals surface area contributed by atoms with Crippen molar-refractivity contribution in [1.82, 2.24) is 0 Å². The number of hydrogen-bond acceptors (Lipinski definition) is 0. The van der Waals surface area contributed by atoms with Crippen molar-refractivity contribution in [3.63, 3.8) is 0 Å². The van der Waals surface area contributed by atoms with Crippen LogP contribution in [0.25, 0.3) is 5.57 Å². The summed E-state index contributed by atoms with van der Waals surface area (Å²) in [4.78, 5) is 0. The van der Waals surface area contributed by atoms with Crippen molar-refractivity contribution in [2.24, 2.45) is 0 Å². The van der Waals surface area contributed by atoms with Gasteiger partial charge in [-0.2, -0.15) is 0 Å². The third kappa shape index (κ3) is 2.35. The molecule has 0 aliphatic heterocycles. The molecule has 1 unspecified atom stereocenters. The summed E-state index contributed by atoms with van der Waals surface area (Å²) in [5.74, 6) is 0.593. The van der Waals surface area contributed by atoms with E-state index >= 15 is 0 Å². The van der Waals surface area contributed by atoms with E-state index in [1.165, 1.54) is 40.7 Å². The Kier molecular flexibility index (Phi) is 3.25. The van der Waals surface area contributed by atoms with Crippen LogP contribution in [0.3, 0.4) is 0 Å². The van der Waals surface area contributed by atoms with Crippen LogP contribution in [0.1, 0.15) is 41.0 Å². The predicted octanol–water partition coefficient (Wildman–Crippen LogP) is 5.26. The zero-order valence-corrected chi connectivity index (χ0v) is 11.7. The van der Waals surface area contributed by atoms with Gasteiger partial charge >= 0.3 is 0 Å². The Hall–Kier alpha value is -1.82. The molecule has 0 N–H and O–H groups in total. The topological polar surface area (TPSA) is 0 Å². The van der Waals surface area contributed by atoms with E-state index in [2.05, 4.69) is 68.5 Å². The van der Waals surface area contributed by atoms with Crippen LogP contribution >= 0.6 is 0 Å². The van der Waals surface area contributed by atoms with E-state index in [4.69, 9.17) is 0 Å². The summed E-state index contributed by atoms with van der Waals surface area (Å²) in [5.41, 5.74) is 7.24. The molecule has 0 fully saturated rings. The van der Waals surface area contributed by atoms with Crippen LogP contribution in [0.15, 0.2) is 54.6 Å². The highest BCUT2D eigenvalue weighted by Crippen LogP contribution is 2.39. The summed E-state index contributed by atoms with van der Waals surface area (Å²) < 4.78 is 0. The van der Waals surface area contributed by atoms with Gasteiger partial charge in [-0.25, -0.2) is 0 Å². The average molecular weight is 248 g/mol. The molecule has 0 aromatic heterocycles. The maximum atomic E-state index is 2.48. The molecular weight excluding hydrogens is 228 g/mol. The Bertz CT molecular complexity index is 619. The molecule has 0 saturated carbocycles. The minimum absolute atomic E-state index is 0.593. The van der Waals surface area contributed by atoms with Crippen molar-refractivity contribution in [2.75, 3.05) is 0 Å². The standard InChI is InChI=1S/C19H20/c1-14-7-3-5-9-18(14)16-11-12-17(13-16)19-10-6-4-8-15(19)2/h3-10,13,16H,11-12H2,1-2H3. The molecular formula is C19H20. The Morgan fingerprint density at radius 2 is 1.53 bits per heavy atom. The number of rotatable bonds is 2. The molecule has 0 spiro atoms. The minimum atomic E-state index is 0.593. The predicted molar refractivity (Wildman–Crippen MR) is 82.3 cm³/mol. The van der Waals surface area contributed by atoms with Crippen molar-refractivity contribution >= 4 is 5.57 Å². The summed E-state index contributed by atoms with van der Waals surface area (Å²) in [7, 11) is 0. The summed E-state index contributed by atoms with van der Waals surface area (Å²) in [6.07, 6.45) is 4.92. The average Bonchev–Trinajstić information content (AvgIpc) is 2.89. The lowest BCUT2D eigenvalue weighted by atomic mass is 9.94. The van der Waals surface area contributed by atoms with E-state index in [1.807, 2.05) is 0 Å². The fourth-order valence-corrected chi connectivity index (χ4v) is 3.13. The quantitative estimate of drug-likeness (QED) is 0.679. The highest BCUT2D eigenvalue weighted by atomic mass is 14.2. The van der Waals surface area contributed by atoms with Gasteiger partial charge in [0.05, 0.1) is 0 Å². The van der Waals surface area contributed by atoms with Crippen LogP contribution < -0.4 is 0 Å². The summed E-state index contributed by atoms with van der Waals surface area (Å²) in [5, 5.41) is 0. The Labute approximate surface area is 115 Å². The Morgan fingerprint density at radius 3 is 2.26 bits per heavy atom. The van der Waals surface area contributed by atoms with Gasteiger partial charge in [0.1, 0.15) is 0 Å². The first-order valence-electron chi connectivity index (χ1n) is 7.08. The van der Waals surface area contributed by atoms with Crippen molar-refractivity contribution < 1.29 is 0 Å². The highest BCUT2D eigenvalue weighted by molar-refractivity contribution is 5.71. The Balaban J connectivity index is 1.94. The van der Waals surface area contributed by atoms with Crippen molar-refractivity contribution in [2.45, 2.75) is 32.6 Å². The molecule has 1 atom stereocenters. The molecule has 0 bridgehead atoms. The molecule has 0 heterocycles. The molecule has 96 valence electrons. The molecule has 0 saturated heterocycles. The number of hydrogen-bond donors (Lipinski definition) is 0. The van der Waals surface area contributed by atoms with Gasteiger partial charge in [0.2, 0.25) is 0 Å². The van der Waals surface area contributed by atoms with Gasteiger partial charge in [0.25, 0.3) is 0 Å². The van der Waals surface area contributed by atoms with E-state index in [0.717, 1.165) is 0 Å². The molecule has 0 amide bonds. The maximum absolute atomic E-state index is 2.48. The van der Waals surface area contributed by atoms with Gasteiger partial charge in [-0.3, -0.25) is 0 Å². The first-order chi connectivity index (χ1) is 9.25. The minimum Gasteiger partial charge on any atom is -0.0732 e. The summed E-state index contributed by atoms with van der Waals surface area (Å²) in [6, 6.07) is 17.5. The smallest absolute Gasteiger partial charge is 0.00297 e. The zero-order chi connectivity index (χ0) is 13.2. The molecule has 0 nitrogen and oxygen atoms in total. The molecule has 19 heavy (non-hydrogen) atoms. The largest absolute Gasteiger partial charge is 0.0732 e. The molecule has 2 aromatic rings. The molecule has 3 rings (SSSR count). The Morgan fingerprint density at radius 1 is 0.842 bits per heavy atom.